The quantitative estimate of drug-likeness (QED) is 0.169. The molecule has 1 saturated heterocycles. The van der Waals surface area contributed by atoms with Crippen LogP contribution in [-0.2, 0) is 6.42 Å². The molecule has 36 heavy (non-hydrogen) atoms. The van der Waals surface area contributed by atoms with E-state index in [1.165, 1.54) is 11.1 Å². The van der Waals surface area contributed by atoms with Gasteiger partial charge in [-0.05, 0) is 67.6 Å². The number of nitrogens with one attached hydrogen (secondary N) is 1. The number of nitrogens with zero attached hydrogens (tertiary/aromatic N) is 2. The van der Waals surface area contributed by atoms with Crippen LogP contribution in [0.4, 0.5) is 0 Å². The Kier molecular flexibility index (Phi) is 8.86. The molecule has 3 N–H and O–H groups in total. The maximum absolute atomic E-state index is 9.18. The van der Waals surface area contributed by atoms with Gasteiger partial charge in [-0.25, -0.2) is 5.84 Å². The molecule has 1 aliphatic heterocycles. The van der Waals surface area contributed by atoms with Gasteiger partial charge in [-0.3, -0.25) is 15.3 Å². The molecule has 1 unspecified atom stereocenters. The van der Waals surface area contributed by atoms with Gasteiger partial charge in [0.1, 0.15) is 5.84 Å². The molecule has 0 amide bonds. The first kappa shape index (κ1) is 26.0. The van der Waals surface area contributed by atoms with E-state index in [0.717, 1.165) is 42.9 Å². The SMILES string of the molecule is COc1cccc(C(C(=N)N(N)CCc2ccccc2)N2CCC(c3ccc(Cl)cc3)CC2)c1OC. The van der Waals surface area contributed by atoms with Crippen LogP contribution in [0, 0.1) is 5.41 Å². The van der Waals surface area contributed by atoms with E-state index in [0.29, 0.717) is 29.8 Å². The van der Waals surface area contributed by atoms with Crippen molar-refractivity contribution in [2.75, 3.05) is 33.9 Å². The second-order valence-electron chi connectivity index (χ2n) is 9.16. The highest BCUT2D eigenvalue weighted by molar-refractivity contribution is 6.30. The number of hydrazine groups is 1. The van der Waals surface area contributed by atoms with E-state index in [9.17, 15) is 5.41 Å². The third kappa shape index (κ3) is 6.01. The zero-order valence-electron chi connectivity index (χ0n) is 21.0. The van der Waals surface area contributed by atoms with Gasteiger partial charge in [-0.1, -0.05) is 66.2 Å². The number of hydrogen-bond acceptors (Lipinski definition) is 5. The molecule has 3 aromatic rings. The number of rotatable bonds is 9. The van der Waals surface area contributed by atoms with Gasteiger partial charge in [-0.15, -0.1) is 0 Å². The molecule has 0 spiro atoms. The monoisotopic (exact) mass is 506 g/mol. The summed E-state index contributed by atoms with van der Waals surface area (Å²) >= 11 is 6.10. The van der Waals surface area contributed by atoms with Crippen molar-refractivity contribution in [1.29, 1.82) is 5.41 Å². The lowest BCUT2D eigenvalue weighted by atomic mass is 9.88. The third-order valence-corrected chi connectivity index (χ3v) is 7.27. The van der Waals surface area contributed by atoms with E-state index in [2.05, 4.69) is 29.2 Å². The number of likely N-dealkylation sites (tertiary alicyclic amines) is 1. The summed E-state index contributed by atoms with van der Waals surface area (Å²) in [5.41, 5.74) is 3.40. The van der Waals surface area contributed by atoms with E-state index in [4.69, 9.17) is 26.9 Å². The second kappa shape index (κ2) is 12.3. The van der Waals surface area contributed by atoms with Crippen LogP contribution in [-0.4, -0.2) is 49.6 Å². The molecule has 190 valence electrons. The van der Waals surface area contributed by atoms with E-state index >= 15 is 0 Å². The van der Waals surface area contributed by atoms with E-state index in [1.807, 2.05) is 48.5 Å². The Bertz CT molecular complexity index is 1130. The van der Waals surface area contributed by atoms with Crippen molar-refractivity contribution in [2.45, 2.75) is 31.2 Å². The highest BCUT2D eigenvalue weighted by Crippen LogP contribution is 2.40. The minimum atomic E-state index is -0.345. The van der Waals surface area contributed by atoms with Crippen molar-refractivity contribution in [3.63, 3.8) is 0 Å². The van der Waals surface area contributed by atoms with Gasteiger partial charge in [-0.2, -0.15) is 0 Å². The molecule has 0 aromatic heterocycles. The minimum Gasteiger partial charge on any atom is -0.493 e. The summed E-state index contributed by atoms with van der Waals surface area (Å²) in [5.74, 6) is 8.61. The van der Waals surface area contributed by atoms with Gasteiger partial charge in [0, 0.05) is 17.1 Å². The number of ether oxygens (including phenoxy) is 2. The zero-order chi connectivity index (χ0) is 25.5. The number of para-hydroxylation sites is 1. The van der Waals surface area contributed by atoms with Crippen LogP contribution in [0.15, 0.2) is 72.8 Å². The van der Waals surface area contributed by atoms with Gasteiger partial charge in [0.2, 0.25) is 0 Å². The fraction of sp³-hybridized carbons (Fsp3) is 0.345. The predicted molar refractivity (Wildman–Crippen MR) is 146 cm³/mol. The van der Waals surface area contributed by atoms with Gasteiger partial charge >= 0.3 is 0 Å². The van der Waals surface area contributed by atoms with Gasteiger partial charge in [0.25, 0.3) is 0 Å². The van der Waals surface area contributed by atoms with Crippen molar-refractivity contribution in [3.05, 3.63) is 94.5 Å². The van der Waals surface area contributed by atoms with Crippen LogP contribution in [0.2, 0.25) is 5.02 Å². The fourth-order valence-electron chi connectivity index (χ4n) is 5.04. The number of halogens is 1. The minimum absolute atomic E-state index is 0.345. The third-order valence-electron chi connectivity index (χ3n) is 7.02. The summed E-state index contributed by atoms with van der Waals surface area (Å²) in [5, 5.41) is 11.5. The Labute approximate surface area is 219 Å². The van der Waals surface area contributed by atoms with Crippen molar-refractivity contribution < 1.29 is 9.47 Å². The molecule has 1 fully saturated rings. The van der Waals surface area contributed by atoms with Gasteiger partial charge < -0.3 is 9.47 Å². The number of amidine groups is 1. The largest absolute Gasteiger partial charge is 0.493 e. The first-order valence-corrected chi connectivity index (χ1v) is 12.7. The summed E-state index contributed by atoms with van der Waals surface area (Å²) in [4.78, 5) is 2.34. The van der Waals surface area contributed by atoms with Crippen molar-refractivity contribution in [2.24, 2.45) is 5.84 Å². The average molecular weight is 507 g/mol. The van der Waals surface area contributed by atoms with Crippen LogP contribution in [0.25, 0.3) is 0 Å². The number of nitrogens with two attached hydrogens (primary N) is 1. The number of piperidine rings is 1. The molecule has 0 saturated carbocycles. The number of benzene rings is 3. The number of hydrogen-bond donors (Lipinski definition) is 2. The van der Waals surface area contributed by atoms with E-state index < -0.39 is 0 Å². The van der Waals surface area contributed by atoms with E-state index in [-0.39, 0.29) is 6.04 Å². The van der Waals surface area contributed by atoms with Crippen LogP contribution < -0.4 is 15.3 Å². The van der Waals surface area contributed by atoms with Crippen molar-refractivity contribution >= 4 is 17.4 Å². The summed E-state index contributed by atoms with van der Waals surface area (Å²) in [6, 6.07) is 23.9. The Balaban J connectivity index is 1.57. The van der Waals surface area contributed by atoms with Gasteiger partial charge in [0.15, 0.2) is 11.5 Å². The Morgan fingerprint density at radius 1 is 1.00 bits per heavy atom. The molecule has 3 aromatic carbocycles. The molecule has 1 aliphatic rings. The first-order valence-electron chi connectivity index (χ1n) is 12.4. The molecular weight excluding hydrogens is 472 g/mol. The van der Waals surface area contributed by atoms with Crippen LogP contribution in [0.1, 0.15) is 41.5 Å². The molecule has 4 rings (SSSR count). The Morgan fingerprint density at radius 3 is 2.33 bits per heavy atom. The first-order chi connectivity index (χ1) is 17.5. The normalized spacial score (nSPS) is 15.3. The van der Waals surface area contributed by atoms with Crippen LogP contribution in [0.5, 0.6) is 11.5 Å². The summed E-state index contributed by atoms with van der Waals surface area (Å²) in [7, 11) is 3.28. The smallest absolute Gasteiger partial charge is 0.165 e. The molecule has 6 nitrogen and oxygen atoms in total. The van der Waals surface area contributed by atoms with Crippen molar-refractivity contribution in [1.82, 2.24) is 9.91 Å². The average Bonchev–Trinajstić information content (AvgIpc) is 2.93. The molecular formula is C29H35ClN4O2. The maximum atomic E-state index is 9.18. The Morgan fingerprint density at radius 2 is 1.69 bits per heavy atom. The molecule has 1 heterocycles. The predicted octanol–water partition coefficient (Wildman–Crippen LogP) is 5.67. The maximum Gasteiger partial charge on any atom is 0.165 e. The van der Waals surface area contributed by atoms with Crippen LogP contribution in [0.3, 0.4) is 0 Å². The topological polar surface area (TPSA) is 74.8 Å². The molecule has 1 atom stereocenters. The van der Waals surface area contributed by atoms with Crippen molar-refractivity contribution in [3.8, 4) is 11.5 Å². The molecule has 0 bridgehead atoms. The summed E-state index contributed by atoms with van der Waals surface area (Å²) in [6.45, 7) is 2.23. The highest BCUT2D eigenvalue weighted by atomic mass is 35.5. The lowest BCUT2D eigenvalue weighted by molar-refractivity contribution is 0.174. The number of methoxy groups -OCH3 is 2. The highest BCUT2D eigenvalue weighted by Gasteiger charge is 2.34. The summed E-state index contributed by atoms with van der Waals surface area (Å²) in [6.07, 6.45) is 2.75. The standard InChI is InChI=1S/C29H35ClN4O2/c1-35-26-10-6-9-25(28(26)36-2)27(29(31)34(32)20-15-21-7-4-3-5-8-21)33-18-16-23(17-19-33)22-11-13-24(30)14-12-22/h3-14,23,27,31H,15-20,32H2,1-2H3. The second-order valence-corrected chi connectivity index (χ2v) is 9.60. The lowest BCUT2D eigenvalue weighted by Gasteiger charge is -2.40. The van der Waals surface area contributed by atoms with Crippen LogP contribution >= 0.6 is 11.6 Å². The fourth-order valence-corrected chi connectivity index (χ4v) is 5.17. The molecule has 7 heteroatoms. The summed E-state index contributed by atoms with van der Waals surface area (Å²) < 4.78 is 11.4. The zero-order valence-corrected chi connectivity index (χ0v) is 21.7. The lowest BCUT2D eigenvalue weighted by Crippen LogP contribution is -2.48. The molecule has 0 aliphatic carbocycles. The Hall–Kier alpha value is -3.06. The van der Waals surface area contributed by atoms with Gasteiger partial charge in [0.05, 0.1) is 20.3 Å². The van der Waals surface area contributed by atoms with E-state index in [1.54, 1.807) is 19.2 Å². The molecule has 0 radical (unpaired) electrons.